The van der Waals surface area contributed by atoms with Gasteiger partial charge in [0.15, 0.2) is 0 Å². The lowest BCUT2D eigenvalue weighted by molar-refractivity contribution is -0.116. The van der Waals surface area contributed by atoms with Crippen molar-refractivity contribution in [1.82, 2.24) is 19.6 Å². The summed E-state index contributed by atoms with van der Waals surface area (Å²) in [7, 11) is 0. The molecule has 2 N–H and O–H groups in total. The summed E-state index contributed by atoms with van der Waals surface area (Å²) >= 11 is 0. The molecule has 0 aliphatic rings. The van der Waals surface area contributed by atoms with E-state index in [0.717, 1.165) is 22.6 Å². The van der Waals surface area contributed by atoms with E-state index in [1.54, 1.807) is 16.9 Å². The van der Waals surface area contributed by atoms with Crippen LogP contribution in [0.4, 0.5) is 11.5 Å². The van der Waals surface area contributed by atoms with E-state index in [4.69, 9.17) is 0 Å². The molecule has 0 aliphatic heterocycles. The monoisotopic (exact) mass is 380 g/mol. The van der Waals surface area contributed by atoms with Gasteiger partial charge in [-0.1, -0.05) is 12.1 Å². The minimum absolute atomic E-state index is 0.105. The normalized spacial score (nSPS) is 12.2. The summed E-state index contributed by atoms with van der Waals surface area (Å²) in [5.74, 6) is 0.596. The number of benzene rings is 1. The van der Waals surface area contributed by atoms with Gasteiger partial charge in [-0.15, -0.1) is 0 Å². The molecule has 1 unspecified atom stereocenters. The van der Waals surface area contributed by atoms with Crippen molar-refractivity contribution in [2.75, 3.05) is 10.6 Å². The molecule has 1 amide bonds. The summed E-state index contributed by atoms with van der Waals surface area (Å²) in [6.45, 7) is 10.6. The van der Waals surface area contributed by atoms with Crippen LogP contribution < -0.4 is 10.6 Å². The van der Waals surface area contributed by atoms with Gasteiger partial charge in [0.05, 0.1) is 18.4 Å². The highest BCUT2D eigenvalue weighted by Crippen LogP contribution is 2.16. The molecule has 0 bridgehead atoms. The second-order valence-corrected chi connectivity index (χ2v) is 7.40. The molecular formula is C21H28N6O. The minimum atomic E-state index is -0.389. The van der Waals surface area contributed by atoms with Crippen LogP contribution in [0, 0.1) is 13.8 Å². The smallest absolute Gasteiger partial charge is 0.247 e. The maximum absolute atomic E-state index is 12.6. The third-order valence-corrected chi connectivity index (χ3v) is 4.55. The standard InChI is InChI=1S/C21H28N6O/c1-14(2)27-20(9-10-22-27)24-21(28)17(5)23-19-8-6-7-18(12-19)13-26-16(4)11-15(3)25-26/h6-12,14,17,23H,13H2,1-5H3,(H,24,28). The van der Waals surface area contributed by atoms with Crippen molar-refractivity contribution >= 4 is 17.4 Å². The van der Waals surface area contributed by atoms with Gasteiger partial charge < -0.3 is 10.6 Å². The fourth-order valence-electron chi connectivity index (χ4n) is 3.14. The van der Waals surface area contributed by atoms with Crippen LogP contribution in [0.25, 0.3) is 0 Å². The first-order valence-corrected chi connectivity index (χ1v) is 9.54. The van der Waals surface area contributed by atoms with Crippen molar-refractivity contribution in [3.63, 3.8) is 0 Å². The lowest BCUT2D eigenvalue weighted by Crippen LogP contribution is -2.32. The molecule has 0 spiro atoms. The number of nitrogens with zero attached hydrogens (tertiary/aromatic N) is 4. The Morgan fingerprint density at radius 2 is 1.93 bits per heavy atom. The van der Waals surface area contributed by atoms with Crippen molar-refractivity contribution in [2.45, 2.75) is 53.2 Å². The Labute approximate surface area is 165 Å². The number of aromatic nitrogens is 4. The van der Waals surface area contributed by atoms with E-state index in [0.29, 0.717) is 12.4 Å². The molecule has 3 rings (SSSR count). The Kier molecular flexibility index (Phi) is 5.82. The third kappa shape index (κ3) is 4.60. The molecule has 7 nitrogen and oxygen atoms in total. The zero-order chi connectivity index (χ0) is 20.3. The fourth-order valence-corrected chi connectivity index (χ4v) is 3.14. The van der Waals surface area contributed by atoms with Crippen LogP contribution in [-0.2, 0) is 11.3 Å². The summed E-state index contributed by atoms with van der Waals surface area (Å²) in [5.41, 5.74) is 4.17. The predicted octanol–water partition coefficient (Wildman–Crippen LogP) is 3.76. The molecule has 3 aromatic rings. The van der Waals surface area contributed by atoms with Crippen molar-refractivity contribution in [3.8, 4) is 0 Å². The molecule has 0 saturated carbocycles. The molecule has 0 radical (unpaired) electrons. The zero-order valence-corrected chi connectivity index (χ0v) is 17.1. The number of carbonyl (C=O) groups excluding carboxylic acids is 1. The highest BCUT2D eigenvalue weighted by molar-refractivity contribution is 5.95. The summed E-state index contributed by atoms with van der Waals surface area (Å²) in [5, 5.41) is 15.0. The van der Waals surface area contributed by atoms with E-state index in [2.05, 4.69) is 46.0 Å². The Morgan fingerprint density at radius 3 is 2.61 bits per heavy atom. The molecular weight excluding hydrogens is 352 g/mol. The fraction of sp³-hybridized carbons (Fsp3) is 0.381. The van der Waals surface area contributed by atoms with Crippen LogP contribution in [0.3, 0.4) is 0 Å². The number of amides is 1. The van der Waals surface area contributed by atoms with Crippen LogP contribution in [0.15, 0.2) is 42.6 Å². The SMILES string of the molecule is Cc1cc(C)n(Cc2cccc(NC(C)C(=O)Nc3ccnn3C(C)C)c2)n1. The summed E-state index contributed by atoms with van der Waals surface area (Å²) in [4.78, 5) is 12.6. The predicted molar refractivity (Wildman–Crippen MR) is 112 cm³/mol. The van der Waals surface area contributed by atoms with Gasteiger partial charge in [-0.3, -0.25) is 9.48 Å². The number of anilines is 2. The van der Waals surface area contributed by atoms with E-state index in [1.807, 2.05) is 44.5 Å². The number of aryl methyl sites for hydroxylation is 2. The van der Waals surface area contributed by atoms with Crippen molar-refractivity contribution < 1.29 is 4.79 Å². The largest absolute Gasteiger partial charge is 0.374 e. The molecule has 7 heteroatoms. The zero-order valence-electron chi connectivity index (χ0n) is 17.1. The van der Waals surface area contributed by atoms with E-state index < -0.39 is 0 Å². The van der Waals surface area contributed by atoms with Crippen molar-refractivity contribution in [2.24, 2.45) is 0 Å². The molecule has 0 fully saturated rings. The second-order valence-electron chi connectivity index (χ2n) is 7.40. The maximum atomic E-state index is 12.6. The van der Waals surface area contributed by atoms with E-state index in [-0.39, 0.29) is 18.0 Å². The third-order valence-electron chi connectivity index (χ3n) is 4.55. The maximum Gasteiger partial charge on any atom is 0.247 e. The number of rotatable bonds is 7. The molecule has 2 heterocycles. The van der Waals surface area contributed by atoms with Crippen LogP contribution in [0.2, 0.25) is 0 Å². The second kappa shape index (κ2) is 8.29. The van der Waals surface area contributed by atoms with Crippen LogP contribution in [-0.4, -0.2) is 31.5 Å². The van der Waals surface area contributed by atoms with Crippen molar-refractivity contribution in [3.05, 3.63) is 59.5 Å². The quantitative estimate of drug-likeness (QED) is 0.654. The van der Waals surface area contributed by atoms with Crippen molar-refractivity contribution in [1.29, 1.82) is 0 Å². The Bertz CT molecular complexity index is 955. The number of hydrogen-bond donors (Lipinski definition) is 2. The molecule has 1 atom stereocenters. The van der Waals surface area contributed by atoms with Crippen LogP contribution in [0.5, 0.6) is 0 Å². The number of nitrogens with one attached hydrogen (secondary N) is 2. The summed E-state index contributed by atoms with van der Waals surface area (Å²) in [6.07, 6.45) is 1.69. The molecule has 0 aliphatic carbocycles. The number of hydrogen-bond acceptors (Lipinski definition) is 4. The van der Waals surface area contributed by atoms with E-state index in [9.17, 15) is 4.79 Å². The minimum Gasteiger partial charge on any atom is -0.374 e. The average molecular weight is 380 g/mol. The molecule has 2 aromatic heterocycles. The first kappa shape index (κ1) is 19.7. The van der Waals surface area contributed by atoms with Gasteiger partial charge in [0, 0.05) is 23.5 Å². The number of carbonyl (C=O) groups is 1. The van der Waals surface area contributed by atoms with Crippen LogP contribution in [0.1, 0.15) is 43.8 Å². The van der Waals surface area contributed by atoms with E-state index >= 15 is 0 Å². The Hall–Kier alpha value is -3.09. The average Bonchev–Trinajstić information content (AvgIpc) is 3.21. The molecule has 0 saturated heterocycles. The topological polar surface area (TPSA) is 76.8 Å². The molecule has 28 heavy (non-hydrogen) atoms. The highest BCUT2D eigenvalue weighted by atomic mass is 16.2. The Morgan fingerprint density at radius 1 is 1.14 bits per heavy atom. The summed E-state index contributed by atoms with van der Waals surface area (Å²) in [6, 6.07) is 11.7. The van der Waals surface area contributed by atoms with Gasteiger partial charge in [0.25, 0.3) is 0 Å². The van der Waals surface area contributed by atoms with Crippen LogP contribution >= 0.6 is 0 Å². The molecule has 1 aromatic carbocycles. The summed E-state index contributed by atoms with van der Waals surface area (Å²) < 4.78 is 3.78. The van der Waals surface area contributed by atoms with Gasteiger partial charge in [0.1, 0.15) is 11.9 Å². The van der Waals surface area contributed by atoms with E-state index in [1.165, 1.54) is 0 Å². The lowest BCUT2D eigenvalue weighted by Gasteiger charge is -2.17. The first-order chi connectivity index (χ1) is 13.3. The lowest BCUT2D eigenvalue weighted by atomic mass is 10.2. The molecule has 148 valence electrons. The van der Waals surface area contributed by atoms with Gasteiger partial charge in [-0.05, 0) is 58.4 Å². The van der Waals surface area contributed by atoms with Gasteiger partial charge >= 0.3 is 0 Å². The Balaban J connectivity index is 1.65. The van der Waals surface area contributed by atoms with Gasteiger partial charge in [0.2, 0.25) is 5.91 Å². The van der Waals surface area contributed by atoms with Gasteiger partial charge in [-0.2, -0.15) is 10.2 Å². The first-order valence-electron chi connectivity index (χ1n) is 9.54. The highest BCUT2D eigenvalue weighted by Gasteiger charge is 2.16. The van der Waals surface area contributed by atoms with Gasteiger partial charge in [-0.25, -0.2) is 4.68 Å².